The highest BCUT2D eigenvalue weighted by Crippen LogP contribution is 2.40. The Morgan fingerprint density at radius 3 is 2.55 bits per heavy atom. The van der Waals surface area contributed by atoms with Crippen molar-refractivity contribution in [2.24, 2.45) is 12.2 Å². The van der Waals surface area contributed by atoms with Gasteiger partial charge in [-0.2, -0.15) is 5.10 Å². The summed E-state index contributed by atoms with van der Waals surface area (Å²) in [7, 11) is 2.86. The van der Waals surface area contributed by atoms with Crippen LogP contribution >= 0.6 is 39.1 Å². The van der Waals surface area contributed by atoms with Crippen LogP contribution in [0.25, 0.3) is 0 Å². The highest BCUT2D eigenvalue weighted by atomic mass is 79.9. The molecule has 1 heterocycles. The van der Waals surface area contributed by atoms with E-state index in [0.717, 1.165) is 4.47 Å². The average molecular weight is 510 g/mol. The van der Waals surface area contributed by atoms with Gasteiger partial charge in [-0.1, -0.05) is 44.3 Å². The van der Waals surface area contributed by atoms with Crippen molar-refractivity contribution in [1.82, 2.24) is 15.1 Å². The first-order valence-electron chi connectivity index (χ1n) is 8.55. The molecule has 0 saturated heterocycles. The van der Waals surface area contributed by atoms with E-state index >= 15 is 0 Å². The number of amides is 1. The first-order valence-corrected chi connectivity index (χ1v) is 10.1. The molecule has 0 aliphatic heterocycles. The highest BCUT2D eigenvalue weighted by Gasteiger charge is 2.50. The molecule has 1 aliphatic carbocycles. The third kappa shape index (κ3) is 4.73. The quantitative estimate of drug-likeness (QED) is 0.425. The van der Waals surface area contributed by atoms with E-state index in [1.807, 2.05) is 0 Å². The summed E-state index contributed by atoms with van der Waals surface area (Å²) in [4.78, 5) is 17.7. The number of carbonyl (C=O) groups excluding carboxylic acids is 1. The normalized spacial score (nSPS) is 15.5. The Kier molecular flexibility index (Phi) is 6.50. The fourth-order valence-corrected chi connectivity index (χ4v) is 4.39. The largest absolute Gasteiger partial charge is 0.399 e. The fraction of sp³-hybridized carbons (Fsp3) is 0.389. The van der Waals surface area contributed by atoms with Crippen LogP contribution in [0.15, 0.2) is 28.0 Å². The molecule has 0 atom stereocenters. The molecule has 1 N–H and O–H groups in total. The highest BCUT2D eigenvalue weighted by molar-refractivity contribution is 9.10. The van der Waals surface area contributed by atoms with Crippen LogP contribution in [0, 0.1) is 0 Å². The molecule has 2 aromatic rings. The van der Waals surface area contributed by atoms with E-state index in [4.69, 9.17) is 28.0 Å². The molecular weight excluding hydrogens is 493 g/mol. The molecule has 1 saturated carbocycles. The summed E-state index contributed by atoms with van der Waals surface area (Å²) in [6, 6.07) is 3.41. The van der Waals surface area contributed by atoms with Gasteiger partial charge in [0.25, 0.3) is 12.3 Å². The van der Waals surface area contributed by atoms with Gasteiger partial charge in [-0.15, -0.1) is 0 Å². The van der Waals surface area contributed by atoms with Crippen molar-refractivity contribution in [2.75, 3.05) is 7.11 Å². The monoisotopic (exact) mass is 508 g/mol. The predicted molar refractivity (Wildman–Crippen MR) is 110 cm³/mol. The zero-order valence-electron chi connectivity index (χ0n) is 15.5. The topological polar surface area (TPSA) is 68.5 Å². The number of nitrogens with one attached hydrogen (secondary N) is 1. The van der Waals surface area contributed by atoms with Crippen molar-refractivity contribution >= 4 is 50.8 Å². The maximum absolute atomic E-state index is 13.2. The number of alkyl halides is 2. The minimum Gasteiger partial charge on any atom is -0.399 e. The molecule has 1 amide bonds. The van der Waals surface area contributed by atoms with Gasteiger partial charge in [0.05, 0.1) is 16.8 Å². The Bertz CT molecular complexity index is 954. The number of nitrogens with zero attached hydrogens (tertiary/aromatic N) is 3. The molecule has 0 spiro atoms. The summed E-state index contributed by atoms with van der Waals surface area (Å²) < 4.78 is 28.3. The maximum atomic E-state index is 13.2. The van der Waals surface area contributed by atoms with Crippen LogP contribution in [0.2, 0.25) is 10.0 Å². The second kappa shape index (κ2) is 8.57. The number of carbonyl (C=O) groups is 1. The summed E-state index contributed by atoms with van der Waals surface area (Å²) in [5.74, 6) is -0.650. The number of aryl methyl sites for hydroxylation is 1. The van der Waals surface area contributed by atoms with Crippen molar-refractivity contribution in [1.29, 1.82) is 0 Å². The van der Waals surface area contributed by atoms with Crippen LogP contribution in [0.4, 0.5) is 8.78 Å². The predicted octanol–water partition coefficient (Wildman–Crippen LogP) is 4.93. The van der Waals surface area contributed by atoms with Gasteiger partial charge in [0.15, 0.2) is 0 Å². The van der Waals surface area contributed by atoms with Crippen LogP contribution in [-0.4, -0.2) is 34.0 Å². The Balaban J connectivity index is 1.87. The number of hydrogen-bond acceptors (Lipinski definition) is 4. The van der Waals surface area contributed by atoms with Crippen LogP contribution in [0.5, 0.6) is 0 Å². The summed E-state index contributed by atoms with van der Waals surface area (Å²) in [6.07, 6.45) is -0.204. The lowest BCUT2D eigenvalue weighted by molar-refractivity contribution is 0.0927. The molecule has 1 aliphatic rings. The number of halogens is 5. The van der Waals surface area contributed by atoms with Crippen LogP contribution in [0.1, 0.15) is 40.9 Å². The molecule has 0 unspecified atom stereocenters. The van der Waals surface area contributed by atoms with Crippen LogP contribution < -0.4 is 5.32 Å². The Hall–Kier alpha value is -1.71. The van der Waals surface area contributed by atoms with Crippen LogP contribution in [0.3, 0.4) is 0 Å². The minimum atomic E-state index is -2.86. The fourth-order valence-electron chi connectivity index (χ4n) is 3.04. The molecule has 29 heavy (non-hydrogen) atoms. The van der Waals surface area contributed by atoms with E-state index in [1.165, 1.54) is 25.0 Å². The van der Waals surface area contributed by atoms with Gasteiger partial charge in [0, 0.05) is 34.2 Å². The molecular formula is C18H17BrCl2F2N4O2. The third-order valence-electron chi connectivity index (χ3n) is 4.62. The smallest absolute Gasteiger partial charge is 0.282 e. The Morgan fingerprint density at radius 2 is 2.03 bits per heavy atom. The maximum Gasteiger partial charge on any atom is 0.282 e. The van der Waals surface area contributed by atoms with Gasteiger partial charge in [0.1, 0.15) is 12.8 Å². The third-order valence-corrected chi connectivity index (χ3v) is 5.75. The van der Waals surface area contributed by atoms with Crippen molar-refractivity contribution in [3.05, 3.63) is 49.7 Å². The summed E-state index contributed by atoms with van der Waals surface area (Å²) in [5, 5.41) is 11.4. The molecule has 0 bridgehead atoms. The molecule has 156 valence electrons. The molecule has 1 aromatic heterocycles. The van der Waals surface area contributed by atoms with Crippen molar-refractivity contribution in [2.45, 2.75) is 31.2 Å². The van der Waals surface area contributed by atoms with Crippen molar-refractivity contribution in [3.8, 4) is 0 Å². The molecule has 3 rings (SSSR count). The van der Waals surface area contributed by atoms with E-state index < -0.39 is 23.6 Å². The second-order valence-electron chi connectivity index (χ2n) is 6.68. The first-order chi connectivity index (χ1) is 13.7. The van der Waals surface area contributed by atoms with Gasteiger partial charge in [-0.25, -0.2) is 8.78 Å². The lowest BCUT2D eigenvalue weighted by atomic mass is 10.0. The Labute approximate surface area is 184 Å². The number of hydrogen-bond donors (Lipinski definition) is 1. The molecule has 0 radical (unpaired) electrons. The van der Waals surface area contributed by atoms with Gasteiger partial charge in [0.2, 0.25) is 0 Å². The van der Waals surface area contributed by atoms with Crippen LogP contribution in [-0.2, 0) is 18.3 Å². The number of aromatic nitrogens is 2. The number of benzene rings is 1. The van der Waals surface area contributed by atoms with Gasteiger partial charge < -0.3 is 10.2 Å². The van der Waals surface area contributed by atoms with E-state index in [2.05, 4.69) is 31.5 Å². The van der Waals surface area contributed by atoms with Crippen molar-refractivity contribution < 1.29 is 18.4 Å². The lowest BCUT2D eigenvalue weighted by Gasteiger charge is -2.20. The number of oxime groups is 1. The van der Waals surface area contributed by atoms with E-state index in [-0.39, 0.29) is 12.0 Å². The molecule has 6 nitrogen and oxygen atoms in total. The molecule has 11 heteroatoms. The van der Waals surface area contributed by atoms with E-state index in [1.54, 1.807) is 12.1 Å². The first kappa shape index (κ1) is 22.0. The average Bonchev–Trinajstić information content (AvgIpc) is 3.29. The second-order valence-corrected chi connectivity index (χ2v) is 8.41. The van der Waals surface area contributed by atoms with E-state index in [0.29, 0.717) is 34.2 Å². The summed E-state index contributed by atoms with van der Waals surface area (Å²) in [6.45, 7) is 0. The van der Waals surface area contributed by atoms with Gasteiger partial charge in [-0.05, 0) is 30.5 Å². The SMILES string of the molecule is CO/N=C(/Cc1c(Cl)cc(Br)cc1Cl)C1(NC(=O)c2cn(C)nc2C(F)F)CC1. The Morgan fingerprint density at radius 1 is 1.41 bits per heavy atom. The minimum absolute atomic E-state index is 0.176. The summed E-state index contributed by atoms with van der Waals surface area (Å²) in [5.41, 5.74) is -0.429. The zero-order valence-corrected chi connectivity index (χ0v) is 18.6. The van der Waals surface area contributed by atoms with Gasteiger partial charge >= 0.3 is 0 Å². The number of rotatable bonds is 7. The molecule has 1 fully saturated rings. The van der Waals surface area contributed by atoms with Gasteiger partial charge in [-0.3, -0.25) is 9.48 Å². The molecule has 1 aromatic carbocycles. The van der Waals surface area contributed by atoms with Crippen molar-refractivity contribution in [3.63, 3.8) is 0 Å². The summed E-state index contributed by atoms with van der Waals surface area (Å²) >= 11 is 16.0. The zero-order chi connectivity index (χ0) is 21.3. The van der Waals surface area contributed by atoms with E-state index in [9.17, 15) is 13.6 Å². The lowest BCUT2D eigenvalue weighted by Crippen LogP contribution is -2.44. The standard InChI is InChI=1S/C18H17BrCl2F2N4O2/c1-27-8-11(15(25-27)16(22)23)17(28)24-18(3-4-18)14(26-29-2)7-10-12(20)5-9(19)6-13(10)21/h5-6,8,16H,3-4,7H2,1-2H3,(H,24,28)/b26-14-.